The quantitative estimate of drug-likeness (QED) is 0.810. The van der Waals surface area contributed by atoms with Crippen molar-refractivity contribution in [1.29, 1.82) is 0 Å². The zero-order valence-electron chi connectivity index (χ0n) is 11.3. The second kappa shape index (κ2) is 5.66. The first-order valence-electron chi connectivity index (χ1n) is 6.78. The molecule has 1 aromatic heterocycles. The normalized spacial score (nSPS) is 13.9. The lowest BCUT2D eigenvalue weighted by Gasteiger charge is -2.08. The minimum Gasteiger partial charge on any atom is -0.236 e. The van der Waals surface area contributed by atoms with Gasteiger partial charge in [-0.05, 0) is 29.5 Å². The van der Waals surface area contributed by atoms with Crippen molar-refractivity contribution >= 4 is 11.6 Å². The van der Waals surface area contributed by atoms with Crippen LogP contribution in [0.25, 0.3) is 22.8 Å². The third-order valence-corrected chi connectivity index (χ3v) is 3.43. The molecule has 0 atom stereocenters. The Morgan fingerprint density at radius 3 is 2.35 bits per heavy atom. The molecule has 20 heavy (non-hydrogen) atoms. The van der Waals surface area contributed by atoms with Crippen LogP contribution in [0.5, 0.6) is 0 Å². The second-order valence-electron chi connectivity index (χ2n) is 4.78. The first-order chi connectivity index (χ1) is 9.86. The minimum absolute atomic E-state index is 0.834. The Balaban J connectivity index is 1.86. The fourth-order valence-corrected chi connectivity index (χ4v) is 2.24. The van der Waals surface area contributed by atoms with Crippen molar-refractivity contribution in [3.63, 3.8) is 0 Å². The summed E-state index contributed by atoms with van der Waals surface area (Å²) in [6.45, 7) is 3.76. The highest BCUT2D eigenvalue weighted by Crippen LogP contribution is 2.23. The first kappa shape index (κ1) is 12.5. The predicted octanol–water partition coefficient (Wildman–Crippen LogP) is 4.52. The molecule has 1 aliphatic rings. The van der Waals surface area contributed by atoms with Gasteiger partial charge in [-0.25, -0.2) is 9.97 Å². The molecule has 2 nitrogen and oxygen atoms in total. The smallest absolute Gasteiger partial charge is 0.154 e. The van der Waals surface area contributed by atoms with Crippen molar-refractivity contribution in [2.75, 3.05) is 0 Å². The lowest BCUT2D eigenvalue weighted by Crippen LogP contribution is -1.96. The van der Waals surface area contributed by atoms with Crippen LogP contribution in [-0.2, 0) is 0 Å². The standard InChI is InChI=1S/C18H16N2/c1-2-14-8-10-15(11-9-14)17-12-19-18(20-13-17)16-6-4-3-5-7-16/h2-4,6,8-13H,1,5,7H2. The molecule has 0 radical (unpaired) electrons. The van der Waals surface area contributed by atoms with Crippen LogP contribution >= 0.6 is 0 Å². The van der Waals surface area contributed by atoms with Crippen LogP contribution in [0.2, 0.25) is 0 Å². The molecule has 3 rings (SSSR count). The molecule has 0 fully saturated rings. The van der Waals surface area contributed by atoms with E-state index >= 15 is 0 Å². The van der Waals surface area contributed by atoms with Crippen molar-refractivity contribution in [2.45, 2.75) is 12.8 Å². The second-order valence-corrected chi connectivity index (χ2v) is 4.78. The molecule has 2 heteroatoms. The van der Waals surface area contributed by atoms with Gasteiger partial charge in [0.25, 0.3) is 0 Å². The topological polar surface area (TPSA) is 25.8 Å². The van der Waals surface area contributed by atoms with Gasteiger partial charge in [-0.3, -0.25) is 0 Å². The van der Waals surface area contributed by atoms with Crippen LogP contribution in [0.4, 0.5) is 0 Å². The number of allylic oxidation sites excluding steroid dienone is 4. The number of benzene rings is 1. The highest BCUT2D eigenvalue weighted by atomic mass is 14.9. The average molecular weight is 260 g/mol. The Morgan fingerprint density at radius 2 is 1.75 bits per heavy atom. The van der Waals surface area contributed by atoms with Gasteiger partial charge >= 0.3 is 0 Å². The van der Waals surface area contributed by atoms with Crippen LogP contribution in [-0.4, -0.2) is 9.97 Å². The summed E-state index contributed by atoms with van der Waals surface area (Å²) in [6.07, 6.45) is 14.0. The molecule has 0 saturated heterocycles. The van der Waals surface area contributed by atoms with Crippen molar-refractivity contribution in [2.24, 2.45) is 0 Å². The van der Waals surface area contributed by atoms with E-state index in [9.17, 15) is 0 Å². The molecule has 1 aromatic carbocycles. The van der Waals surface area contributed by atoms with Crippen LogP contribution in [0.3, 0.4) is 0 Å². The third kappa shape index (κ3) is 2.59. The Hall–Kier alpha value is -2.48. The van der Waals surface area contributed by atoms with E-state index in [4.69, 9.17) is 0 Å². The summed E-state index contributed by atoms with van der Waals surface area (Å²) in [5.41, 5.74) is 4.49. The van der Waals surface area contributed by atoms with Gasteiger partial charge in [-0.2, -0.15) is 0 Å². The van der Waals surface area contributed by atoms with Gasteiger partial charge in [0.05, 0.1) is 0 Å². The maximum atomic E-state index is 4.49. The SMILES string of the molecule is C=Cc1ccc(-c2cnc(C3=CC=CCC3)nc2)cc1. The third-order valence-electron chi connectivity index (χ3n) is 3.43. The molecule has 1 aliphatic carbocycles. The monoisotopic (exact) mass is 260 g/mol. The lowest BCUT2D eigenvalue weighted by atomic mass is 10.0. The maximum Gasteiger partial charge on any atom is 0.154 e. The number of hydrogen-bond acceptors (Lipinski definition) is 2. The molecule has 98 valence electrons. The average Bonchev–Trinajstić information content (AvgIpc) is 2.56. The number of nitrogens with zero attached hydrogens (tertiary/aromatic N) is 2. The number of hydrogen-bond donors (Lipinski definition) is 0. The highest BCUT2D eigenvalue weighted by Gasteiger charge is 2.06. The van der Waals surface area contributed by atoms with Crippen LogP contribution in [0.1, 0.15) is 24.2 Å². The molecule has 0 spiro atoms. The van der Waals surface area contributed by atoms with E-state index < -0.39 is 0 Å². The van der Waals surface area contributed by atoms with E-state index in [2.05, 4.69) is 46.9 Å². The van der Waals surface area contributed by atoms with Gasteiger partial charge in [-0.1, -0.05) is 55.1 Å². The largest absolute Gasteiger partial charge is 0.236 e. The molecule has 0 bridgehead atoms. The van der Waals surface area contributed by atoms with Gasteiger partial charge in [0.15, 0.2) is 5.82 Å². The molecule has 0 amide bonds. The summed E-state index contributed by atoms with van der Waals surface area (Å²) < 4.78 is 0. The molecule has 2 aromatic rings. The summed E-state index contributed by atoms with van der Waals surface area (Å²) in [6, 6.07) is 8.23. The van der Waals surface area contributed by atoms with Crippen LogP contribution in [0, 0.1) is 0 Å². The fraction of sp³-hybridized carbons (Fsp3) is 0.111. The fourth-order valence-electron chi connectivity index (χ4n) is 2.24. The Morgan fingerprint density at radius 1 is 1.00 bits per heavy atom. The van der Waals surface area contributed by atoms with Gasteiger partial charge in [0.1, 0.15) is 0 Å². The summed E-state index contributed by atoms with van der Waals surface area (Å²) in [4.78, 5) is 8.98. The molecular weight excluding hydrogens is 244 g/mol. The van der Waals surface area contributed by atoms with E-state index in [0.717, 1.165) is 35.4 Å². The zero-order chi connectivity index (χ0) is 13.8. The van der Waals surface area contributed by atoms with E-state index in [1.54, 1.807) is 0 Å². The summed E-state index contributed by atoms with van der Waals surface area (Å²) in [7, 11) is 0. The van der Waals surface area contributed by atoms with Crippen molar-refractivity contribution in [3.8, 4) is 11.1 Å². The minimum atomic E-state index is 0.834. The predicted molar refractivity (Wildman–Crippen MR) is 83.9 cm³/mol. The first-order valence-corrected chi connectivity index (χ1v) is 6.78. The van der Waals surface area contributed by atoms with Crippen LogP contribution < -0.4 is 0 Å². The maximum absolute atomic E-state index is 4.49. The van der Waals surface area contributed by atoms with Crippen molar-refractivity contribution < 1.29 is 0 Å². The van der Waals surface area contributed by atoms with E-state index in [1.807, 2.05) is 30.6 Å². The molecule has 0 N–H and O–H groups in total. The number of aromatic nitrogens is 2. The zero-order valence-corrected chi connectivity index (χ0v) is 11.3. The van der Waals surface area contributed by atoms with E-state index in [0.29, 0.717) is 0 Å². The summed E-state index contributed by atoms with van der Waals surface area (Å²) in [5, 5.41) is 0. The van der Waals surface area contributed by atoms with Crippen LogP contribution in [0.15, 0.2) is 61.5 Å². The molecule has 1 heterocycles. The van der Waals surface area contributed by atoms with Crippen molar-refractivity contribution in [1.82, 2.24) is 9.97 Å². The van der Waals surface area contributed by atoms with E-state index in [1.165, 1.54) is 5.57 Å². The highest BCUT2D eigenvalue weighted by molar-refractivity contribution is 5.67. The molecule has 0 unspecified atom stereocenters. The lowest BCUT2D eigenvalue weighted by molar-refractivity contribution is 1.00. The van der Waals surface area contributed by atoms with Gasteiger partial charge in [0.2, 0.25) is 0 Å². The molecular formula is C18H16N2. The molecule has 0 saturated carbocycles. The van der Waals surface area contributed by atoms with Crippen molar-refractivity contribution in [3.05, 3.63) is 72.9 Å². The number of rotatable bonds is 3. The Bertz CT molecular complexity index is 662. The Kier molecular flexibility index (Phi) is 3.55. The summed E-state index contributed by atoms with van der Waals surface area (Å²) >= 11 is 0. The van der Waals surface area contributed by atoms with Gasteiger partial charge in [-0.15, -0.1) is 0 Å². The summed E-state index contributed by atoms with van der Waals surface area (Å²) in [5.74, 6) is 0.834. The Labute approximate surface area is 119 Å². The molecule has 0 aliphatic heterocycles. The van der Waals surface area contributed by atoms with Gasteiger partial charge in [0, 0.05) is 18.0 Å². The van der Waals surface area contributed by atoms with Gasteiger partial charge < -0.3 is 0 Å². The van der Waals surface area contributed by atoms with E-state index in [-0.39, 0.29) is 0 Å².